The van der Waals surface area contributed by atoms with Gasteiger partial charge in [0.05, 0.1) is 0 Å². The summed E-state index contributed by atoms with van der Waals surface area (Å²) in [5.41, 5.74) is 0.265. The zero-order valence-electron chi connectivity index (χ0n) is 17.4. The van der Waals surface area contributed by atoms with Crippen LogP contribution in [-0.2, 0) is 24.7 Å². The third-order valence-corrected chi connectivity index (χ3v) is 4.80. The van der Waals surface area contributed by atoms with Crippen molar-refractivity contribution >= 4 is 29.8 Å². The third kappa shape index (κ3) is 5.34. The Morgan fingerprint density at radius 3 is 2.43 bits per heavy atom. The maximum absolute atomic E-state index is 12.8. The second-order valence-corrected chi connectivity index (χ2v) is 7.30. The molecule has 1 aromatic rings. The van der Waals surface area contributed by atoms with Crippen LogP contribution in [0.1, 0.15) is 38.3 Å². The number of hydrogen-bond acceptors (Lipinski definition) is 6. The molecule has 30 heavy (non-hydrogen) atoms. The molecule has 1 aliphatic heterocycles. The van der Waals surface area contributed by atoms with E-state index in [1.54, 1.807) is 26.0 Å². The average Bonchev–Trinajstić information content (AvgIpc) is 2.90. The predicted octanol–water partition coefficient (Wildman–Crippen LogP) is 0.930. The number of carbonyl (C=O) groups is 5. The van der Waals surface area contributed by atoms with E-state index in [4.69, 9.17) is 4.74 Å². The zero-order valence-corrected chi connectivity index (χ0v) is 17.4. The van der Waals surface area contributed by atoms with Gasteiger partial charge in [0.15, 0.2) is 6.61 Å². The Labute approximate surface area is 174 Å². The van der Waals surface area contributed by atoms with Crippen molar-refractivity contribution in [1.29, 1.82) is 0 Å². The van der Waals surface area contributed by atoms with Gasteiger partial charge in [-0.3, -0.25) is 24.6 Å². The van der Waals surface area contributed by atoms with Crippen molar-refractivity contribution in [2.24, 2.45) is 0 Å². The highest BCUT2D eigenvalue weighted by atomic mass is 16.5. The number of ether oxygens (including phenoxy) is 1. The molecule has 3 N–H and O–H groups in total. The molecule has 0 aliphatic carbocycles. The first-order valence-electron chi connectivity index (χ1n) is 9.54. The molecule has 1 heterocycles. The van der Waals surface area contributed by atoms with E-state index in [-0.39, 0.29) is 6.04 Å². The number of benzene rings is 1. The minimum atomic E-state index is -1.31. The lowest BCUT2D eigenvalue weighted by molar-refractivity contribution is -0.150. The molecule has 0 aromatic heterocycles. The molecule has 1 saturated heterocycles. The van der Waals surface area contributed by atoms with Gasteiger partial charge >= 0.3 is 18.0 Å². The maximum atomic E-state index is 12.8. The van der Waals surface area contributed by atoms with Gasteiger partial charge in [-0.2, -0.15) is 0 Å². The van der Waals surface area contributed by atoms with E-state index in [2.05, 4.69) is 10.6 Å². The fourth-order valence-corrected chi connectivity index (χ4v) is 2.77. The molecule has 0 unspecified atom stereocenters. The predicted molar refractivity (Wildman–Crippen MR) is 106 cm³/mol. The van der Waals surface area contributed by atoms with Crippen LogP contribution in [0.4, 0.5) is 9.59 Å². The molecule has 1 aliphatic rings. The monoisotopic (exact) mass is 418 g/mol. The number of aryl methyl sites for hydroxylation is 1. The van der Waals surface area contributed by atoms with E-state index in [0.29, 0.717) is 12.0 Å². The molecule has 10 nitrogen and oxygen atoms in total. The van der Waals surface area contributed by atoms with Gasteiger partial charge < -0.3 is 15.4 Å². The number of rotatable bonds is 7. The summed E-state index contributed by atoms with van der Waals surface area (Å²) in [5, 5.41) is 7.14. The normalized spacial score (nSPS) is 19.1. The van der Waals surface area contributed by atoms with Crippen LogP contribution in [0.3, 0.4) is 0 Å². The molecule has 2 atom stereocenters. The van der Waals surface area contributed by atoms with Gasteiger partial charge in [-0.1, -0.05) is 36.8 Å². The molecule has 2 rings (SSSR count). The summed E-state index contributed by atoms with van der Waals surface area (Å²) in [4.78, 5) is 61.0. The van der Waals surface area contributed by atoms with Gasteiger partial charge in [-0.25, -0.2) is 9.59 Å². The van der Waals surface area contributed by atoms with Gasteiger partial charge in [-0.15, -0.1) is 0 Å². The largest absolute Gasteiger partial charge is 0.454 e. The fraction of sp³-hybridized carbons (Fsp3) is 0.450. The highest BCUT2D eigenvalue weighted by molar-refractivity contribution is 6.09. The highest BCUT2D eigenvalue weighted by Crippen LogP contribution is 2.28. The lowest BCUT2D eigenvalue weighted by atomic mass is 9.91. The molecule has 0 bridgehead atoms. The Morgan fingerprint density at radius 1 is 1.20 bits per heavy atom. The second kappa shape index (κ2) is 9.38. The van der Waals surface area contributed by atoms with E-state index < -0.39 is 48.5 Å². The number of carbonyl (C=O) groups excluding carboxylic acids is 5. The third-order valence-electron chi connectivity index (χ3n) is 4.80. The number of amides is 6. The number of imide groups is 2. The molecule has 6 amide bonds. The Kier molecular flexibility index (Phi) is 7.14. The van der Waals surface area contributed by atoms with E-state index >= 15 is 0 Å². The summed E-state index contributed by atoms with van der Waals surface area (Å²) >= 11 is 0. The second-order valence-electron chi connectivity index (χ2n) is 7.30. The van der Waals surface area contributed by atoms with Gasteiger partial charge in [-0.05, 0) is 32.8 Å². The summed E-state index contributed by atoms with van der Waals surface area (Å²) < 4.78 is 4.78. The number of urea groups is 2. The van der Waals surface area contributed by atoms with Gasteiger partial charge in [0.2, 0.25) is 0 Å². The molecule has 1 aromatic carbocycles. The van der Waals surface area contributed by atoms with Crippen LogP contribution < -0.4 is 16.0 Å². The van der Waals surface area contributed by atoms with Crippen LogP contribution in [0, 0.1) is 6.92 Å². The van der Waals surface area contributed by atoms with Crippen LogP contribution in [0.15, 0.2) is 24.3 Å². The van der Waals surface area contributed by atoms with Crippen molar-refractivity contribution in [3.8, 4) is 0 Å². The first-order chi connectivity index (χ1) is 14.1. The van der Waals surface area contributed by atoms with Crippen molar-refractivity contribution in [2.45, 2.75) is 45.7 Å². The van der Waals surface area contributed by atoms with Crippen LogP contribution in [0.25, 0.3) is 0 Å². The Balaban J connectivity index is 1.90. The number of nitrogens with zero attached hydrogens (tertiary/aromatic N) is 1. The molecule has 162 valence electrons. The maximum Gasteiger partial charge on any atom is 0.326 e. The van der Waals surface area contributed by atoms with E-state index in [9.17, 15) is 24.0 Å². The van der Waals surface area contributed by atoms with Gasteiger partial charge in [0.1, 0.15) is 12.1 Å². The van der Waals surface area contributed by atoms with Crippen molar-refractivity contribution in [3.05, 3.63) is 35.4 Å². The summed E-state index contributed by atoms with van der Waals surface area (Å²) in [7, 11) is 0. The number of hydrogen-bond donors (Lipinski definition) is 3. The summed E-state index contributed by atoms with van der Waals surface area (Å²) in [5.74, 6) is -2.39. The van der Waals surface area contributed by atoms with Crippen molar-refractivity contribution in [3.63, 3.8) is 0 Å². The van der Waals surface area contributed by atoms with E-state index in [1.165, 1.54) is 0 Å². The lowest BCUT2D eigenvalue weighted by Gasteiger charge is -2.22. The fourth-order valence-electron chi connectivity index (χ4n) is 2.77. The van der Waals surface area contributed by atoms with E-state index in [0.717, 1.165) is 10.5 Å². The minimum Gasteiger partial charge on any atom is -0.454 e. The Hall–Kier alpha value is -3.43. The molecule has 0 spiro atoms. The molecule has 1 fully saturated rings. The number of esters is 1. The Bertz CT molecular complexity index is 853. The molecule has 0 radical (unpaired) electrons. The zero-order chi connectivity index (χ0) is 22.5. The topological polar surface area (TPSA) is 134 Å². The van der Waals surface area contributed by atoms with Crippen molar-refractivity contribution in [2.75, 3.05) is 13.2 Å². The average molecular weight is 418 g/mol. The lowest BCUT2D eigenvalue weighted by Crippen LogP contribution is -2.45. The van der Waals surface area contributed by atoms with Gasteiger partial charge in [0, 0.05) is 6.04 Å². The summed E-state index contributed by atoms with van der Waals surface area (Å²) in [6.07, 6.45) is 0.685. The first-order valence-corrected chi connectivity index (χ1v) is 9.54. The summed E-state index contributed by atoms with van der Waals surface area (Å²) in [6.45, 7) is 5.71. The van der Waals surface area contributed by atoms with Crippen LogP contribution in [-0.4, -0.2) is 53.9 Å². The van der Waals surface area contributed by atoms with Crippen molar-refractivity contribution < 1.29 is 28.7 Å². The van der Waals surface area contributed by atoms with E-state index in [1.807, 2.05) is 31.3 Å². The Morgan fingerprint density at radius 2 is 1.83 bits per heavy atom. The molecule has 10 heteroatoms. The van der Waals surface area contributed by atoms with Crippen LogP contribution in [0.5, 0.6) is 0 Å². The number of nitrogens with one attached hydrogen (secondary N) is 3. The SMILES string of the molecule is CC[C@@H](C)NC(=O)NC(=O)COC(=O)CN1C(=O)N[C@@](C)(c2ccc(C)cc2)C1=O. The smallest absolute Gasteiger partial charge is 0.326 e. The van der Waals surface area contributed by atoms with Crippen LogP contribution in [0.2, 0.25) is 0 Å². The highest BCUT2D eigenvalue weighted by Gasteiger charge is 2.49. The molecular weight excluding hydrogens is 392 g/mol. The molecular formula is C20H26N4O6. The molecule has 0 saturated carbocycles. The minimum absolute atomic E-state index is 0.122. The van der Waals surface area contributed by atoms with Crippen molar-refractivity contribution in [1.82, 2.24) is 20.9 Å². The van der Waals surface area contributed by atoms with Gasteiger partial charge in [0.25, 0.3) is 11.8 Å². The first kappa shape index (κ1) is 22.9. The quantitative estimate of drug-likeness (QED) is 0.445. The standard InChI is InChI=1S/C20H26N4O6/c1-5-13(3)21-18(28)22-15(25)11-30-16(26)10-24-17(27)20(4,23-19(24)29)14-8-6-12(2)7-9-14/h6-9,13H,5,10-11H2,1-4H3,(H,23,29)(H2,21,22,25,28)/t13-,20+/m1/s1. The summed E-state index contributed by atoms with van der Waals surface area (Å²) in [6, 6.07) is 5.52. The van der Waals surface area contributed by atoms with Crippen LogP contribution >= 0.6 is 0 Å².